The maximum Gasteiger partial charge on any atom is 0.267 e. The fraction of sp³-hybridized carbons (Fsp3) is 0.296. The number of methoxy groups -OCH3 is 1. The van der Waals surface area contributed by atoms with Crippen LogP contribution in [0.3, 0.4) is 0 Å². The number of carbonyl (C=O) groups excluding carboxylic acids is 1. The molecule has 2 aromatic carbocycles. The van der Waals surface area contributed by atoms with E-state index in [1.54, 1.807) is 23.0 Å². The van der Waals surface area contributed by atoms with Crippen molar-refractivity contribution in [1.82, 2.24) is 9.55 Å². The molecule has 186 valence electrons. The van der Waals surface area contributed by atoms with Gasteiger partial charge < -0.3 is 14.8 Å². The summed E-state index contributed by atoms with van der Waals surface area (Å²) in [6.07, 6.45) is 2.96. The molecule has 0 bridgehead atoms. The molecule has 0 radical (unpaired) electrons. The van der Waals surface area contributed by atoms with Crippen molar-refractivity contribution in [1.29, 1.82) is 0 Å². The van der Waals surface area contributed by atoms with E-state index in [0.717, 1.165) is 41.0 Å². The number of hydrogen-bond acceptors (Lipinski definition) is 7. The maximum absolute atomic E-state index is 13.8. The third-order valence-corrected chi connectivity index (χ3v) is 8.20. The molecule has 0 saturated carbocycles. The van der Waals surface area contributed by atoms with E-state index < -0.39 is 0 Å². The average Bonchev–Trinajstić information content (AvgIpc) is 3.45. The smallest absolute Gasteiger partial charge is 0.267 e. The zero-order valence-corrected chi connectivity index (χ0v) is 22.1. The minimum Gasteiger partial charge on any atom is -0.495 e. The Morgan fingerprint density at radius 3 is 2.75 bits per heavy atom. The van der Waals surface area contributed by atoms with Crippen molar-refractivity contribution < 1.29 is 14.3 Å². The first-order valence-corrected chi connectivity index (χ1v) is 13.7. The Kier molecular flexibility index (Phi) is 7.02. The molecule has 1 amide bonds. The summed E-state index contributed by atoms with van der Waals surface area (Å²) < 4.78 is 12.6. The first-order valence-electron chi connectivity index (χ1n) is 11.9. The average molecular weight is 522 g/mol. The normalized spacial score (nSPS) is 12.5. The molecule has 2 aromatic heterocycles. The Hall–Kier alpha value is -3.30. The number of benzene rings is 2. The summed E-state index contributed by atoms with van der Waals surface area (Å²) in [7, 11) is 1.57. The topological polar surface area (TPSA) is 82.4 Å². The predicted octanol–water partition coefficient (Wildman–Crippen LogP) is 5.38. The fourth-order valence-corrected chi connectivity index (χ4v) is 6.56. The van der Waals surface area contributed by atoms with E-state index in [-0.39, 0.29) is 17.2 Å². The molecule has 1 N–H and O–H groups in total. The van der Waals surface area contributed by atoms with E-state index in [4.69, 9.17) is 14.5 Å². The molecule has 0 aliphatic heterocycles. The van der Waals surface area contributed by atoms with Gasteiger partial charge in [-0.1, -0.05) is 17.8 Å². The molecule has 9 heteroatoms. The molecular formula is C27H27N3O4S2. The van der Waals surface area contributed by atoms with Gasteiger partial charge in [0.1, 0.15) is 16.3 Å². The Morgan fingerprint density at radius 2 is 2.00 bits per heavy atom. The second-order valence-electron chi connectivity index (χ2n) is 8.54. The van der Waals surface area contributed by atoms with Gasteiger partial charge in [-0.3, -0.25) is 14.2 Å². The van der Waals surface area contributed by atoms with Crippen LogP contribution in [-0.4, -0.2) is 34.9 Å². The summed E-state index contributed by atoms with van der Waals surface area (Å²) in [5.74, 6) is 1.22. The molecule has 0 saturated heterocycles. The number of fused-ring (bicyclic) bond motifs is 3. The number of hydrogen-bond donors (Lipinski definition) is 1. The van der Waals surface area contributed by atoms with E-state index in [0.29, 0.717) is 34.3 Å². The van der Waals surface area contributed by atoms with Crippen molar-refractivity contribution in [3.8, 4) is 17.2 Å². The number of carbonyl (C=O) groups is 1. The molecule has 1 aliphatic rings. The van der Waals surface area contributed by atoms with Gasteiger partial charge >= 0.3 is 0 Å². The van der Waals surface area contributed by atoms with Gasteiger partial charge in [-0.05, 0) is 80.6 Å². The molecule has 7 nitrogen and oxygen atoms in total. The third-order valence-electron chi connectivity index (χ3n) is 6.08. The van der Waals surface area contributed by atoms with Crippen molar-refractivity contribution in [3.63, 3.8) is 0 Å². The van der Waals surface area contributed by atoms with Gasteiger partial charge in [0.25, 0.3) is 5.56 Å². The number of rotatable bonds is 8. The highest BCUT2D eigenvalue weighted by Crippen LogP contribution is 2.36. The van der Waals surface area contributed by atoms with Gasteiger partial charge in [0.15, 0.2) is 5.16 Å². The van der Waals surface area contributed by atoms with E-state index in [9.17, 15) is 9.59 Å². The lowest BCUT2D eigenvalue weighted by Crippen LogP contribution is -2.23. The molecule has 0 spiro atoms. The number of anilines is 1. The van der Waals surface area contributed by atoms with E-state index in [2.05, 4.69) is 5.32 Å². The number of amides is 1. The van der Waals surface area contributed by atoms with Crippen LogP contribution < -0.4 is 20.3 Å². The van der Waals surface area contributed by atoms with Crippen molar-refractivity contribution in [3.05, 3.63) is 68.8 Å². The summed E-state index contributed by atoms with van der Waals surface area (Å²) in [4.78, 5) is 33.5. The summed E-state index contributed by atoms with van der Waals surface area (Å²) in [5.41, 5.74) is 3.37. The largest absolute Gasteiger partial charge is 0.495 e. The van der Waals surface area contributed by atoms with Gasteiger partial charge in [-0.15, -0.1) is 11.3 Å². The Balaban J connectivity index is 1.49. The van der Waals surface area contributed by atoms with Gasteiger partial charge in [0, 0.05) is 4.88 Å². The van der Waals surface area contributed by atoms with Crippen LogP contribution in [0.2, 0.25) is 0 Å². The van der Waals surface area contributed by atoms with Crippen molar-refractivity contribution >= 4 is 44.9 Å². The monoisotopic (exact) mass is 521 g/mol. The van der Waals surface area contributed by atoms with Crippen LogP contribution in [-0.2, 0) is 17.6 Å². The Bertz CT molecular complexity index is 1490. The first kappa shape index (κ1) is 24.4. The van der Waals surface area contributed by atoms with Crippen molar-refractivity contribution in [2.24, 2.45) is 0 Å². The lowest BCUT2D eigenvalue weighted by atomic mass is 10.2. The summed E-state index contributed by atoms with van der Waals surface area (Å²) in [5, 5.41) is 4.12. The van der Waals surface area contributed by atoms with Crippen LogP contribution in [0.25, 0.3) is 15.9 Å². The number of aryl methyl sites for hydroxylation is 3. The number of nitrogens with zero attached hydrogens (tertiary/aromatic N) is 2. The van der Waals surface area contributed by atoms with Crippen LogP contribution in [0.15, 0.2) is 52.4 Å². The molecular weight excluding hydrogens is 494 g/mol. The number of aromatic nitrogens is 2. The Labute approximate surface area is 217 Å². The zero-order valence-electron chi connectivity index (χ0n) is 20.4. The zero-order chi connectivity index (χ0) is 25.2. The van der Waals surface area contributed by atoms with Gasteiger partial charge in [0.05, 0.1) is 36.2 Å². The van der Waals surface area contributed by atoms with Gasteiger partial charge in [0.2, 0.25) is 5.91 Å². The number of thioether (sulfide) groups is 1. The van der Waals surface area contributed by atoms with E-state index in [1.165, 1.54) is 16.6 Å². The predicted molar refractivity (Wildman–Crippen MR) is 145 cm³/mol. The van der Waals surface area contributed by atoms with Crippen LogP contribution >= 0.6 is 23.1 Å². The fourth-order valence-electron chi connectivity index (χ4n) is 4.44. The molecule has 4 aromatic rings. The lowest BCUT2D eigenvalue weighted by Gasteiger charge is -2.14. The third kappa shape index (κ3) is 4.73. The first-order chi connectivity index (χ1) is 17.5. The van der Waals surface area contributed by atoms with Crippen LogP contribution in [0.1, 0.15) is 29.3 Å². The summed E-state index contributed by atoms with van der Waals surface area (Å²) in [6, 6.07) is 13.0. The SMILES string of the molecule is CCOc1ccc(-n2c(SCC(=O)Nc3cc(C)ccc3OC)nc3sc4c(c3c2=O)CCC4)cc1. The highest BCUT2D eigenvalue weighted by molar-refractivity contribution is 7.99. The molecule has 0 fully saturated rings. The second kappa shape index (κ2) is 10.4. The number of ether oxygens (including phenoxy) is 2. The van der Waals surface area contributed by atoms with Gasteiger partial charge in [-0.2, -0.15) is 0 Å². The van der Waals surface area contributed by atoms with E-state index in [1.807, 2.05) is 56.3 Å². The maximum atomic E-state index is 13.8. The highest BCUT2D eigenvalue weighted by Gasteiger charge is 2.24. The molecule has 36 heavy (non-hydrogen) atoms. The molecule has 1 aliphatic carbocycles. The second-order valence-corrected chi connectivity index (χ2v) is 10.6. The summed E-state index contributed by atoms with van der Waals surface area (Å²) in [6.45, 7) is 4.45. The van der Waals surface area contributed by atoms with Crippen molar-refractivity contribution in [2.45, 2.75) is 38.3 Å². The molecule has 2 heterocycles. The van der Waals surface area contributed by atoms with Gasteiger partial charge in [-0.25, -0.2) is 4.98 Å². The minimum absolute atomic E-state index is 0.0909. The minimum atomic E-state index is -0.204. The van der Waals surface area contributed by atoms with Crippen molar-refractivity contribution in [2.75, 3.05) is 24.8 Å². The highest BCUT2D eigenvalue weighted by atomic mass is 32.2. The Morgan fingerprint density at radius 1 is 1.19 bits per heavy atom. The van der Waals surface area contributed by atoms with Crippen LogP contribution in [0.4, 0.5) is 5.69 Å². The lowest BCUT2D eigenvalue weighted by molar-refractivity contribution is -0.113. The summed E-state index contributed by atoms with van der Waals surface area (Å²) >= 11 is 2.84. The van der Waals surface area contributed by atoms with Crippen LogP contribution in [0.5, 0.6) is 11.5 Å². The molecule has 5 rings (SSSR count). The molecule has 0 unspecified atom stereocenters. The standard InChI is InChI=1S/C27H27N3O4S2/c1-4-34-18-11-9-17(10-12-18)30-26(32)24-19-6-5-7-22(19)36-25(24)29-27(30)35-15-23(31)28-20-14-16(2)8-13-21(20)33-3/h8-14H,4-7,15H2,1-3H3,(H,28,31). The van der Waals surface area contributed by atoms with E-state index >= 15 is 0 Å². The number of thiophene rings is 1. The quantitative estimate of drug-likeness (QED) is 0.248. The molecule has 0 atom stereocenters. The van der Waals surface area contributed by atoms with Crippen LogP contribution in [0, 0.1) is 6.92 Å². The number of nitrogens with one attached hydrogen (secondary N) is 1.